The molecule has 9 nitrogen and oxygen atoms in total. The van der Waals surface area contributed by atoms with Crippen LogP contribution in [0.1, 0.15) is 24.0 Å². The van der Waals surface area contributed by atoms with Crippen LogP contribution < -0.4 is 16.4 Å². The van der Waals surface area contributed by atoms with Crippen molar-refractivity contribution < 1.29 is 48.6 Å². The smallest absolute Gasteiger partial charge is 0.378 e. The topological polar surface area (TPSA) is 115 Å². The number of ether oxygens (including phenoxy) is 1. The molecule has 0 fully saturated rings. The van der Waals surface area contributed by atoms with E-state index in [9.17, 15) is 49.1 Å². The van der Waals surface area contributed by atoms with Crippen molar-refractivity contribution in [2.24, 2.45) is 0 Å². The molecule has 2 N–H and O–H groups in total. The van der Waals surface area contributed by atoms with Gasteiger partial charge in [0.25, 0.3) is 11.1 Å². The molecule has 0 bridgehead atoms. The van der Waals surface area contributed by atoms with Crippen molar-refractivity contribution in [2.45, 2.75) is 44.4 Å². The van der Waals surface area contributed by atoms with Crippen LogP contribution >= 0.6 is 0 Å². The minimum Gasteiger partial charge on any atom is -0.378 e. The average Bonchev–Trinajstić information content (AvgIpc) is 2.93. The largest absolute Gasteiger partial charge is 0.423 e. The molecule has 19 heteroatoms. The van der Waals surface area contributed by atoms with Gasteiger partial charge >= 0.3 is 19.0 Å². The van der Waals surface area contributed by atoms with Crippen LogP contribution in [0.25, 0.3) is 22.2 Å². The average molecular weight is 640 g/mol. The lowest BCUT2D eigenvalue weighted by molar-refractivity contribution is -0.139. The van der Waals surface area contributed by atoms with E-state index in [1.54, 1.807) is 5.10 Å². The van der Waals surface area contributed by atoms with E-state index in [1.165, 1.54) is 12.3 Å². The third-order valence-corrected chi connectivity index (χ3v) is 6.24. The van der Waals surface area contributed by atoms with Crippen LogP contribution in [0.5, 0.6) is 0 Å². The van der Waals surface area contributed by atoms with Gasteiger partial charge < -0.3 is 14.6 Å². The summed E-state index contributed by atoms with van der Waals surface area (Å²) in [6, 6.07) is 0.919. The van der Waals surface area contributed by atoms with Gasteiger partial charge in [-0.15, -0.1) is 0 Å². The number of hydrogen-bond acceptors (Lipinski definition) is 7. The molecule has 236 valence electrons. The number of nitrogens with one attached hydrogen (secondary N) is 2. The van der Waals surface area contributed by atoms with Gasteiger partial charge in [0.15, 0.2) is 17.5 Å². The van der Waals surface area contributed by atoms with Crippen LogP contribution in [0.4, 0.5) is 49.6 Å². The van der Waals surface area contributed by atoms with E-state index >= 15 is 4.39 Å². The number of nitrogens with zero attached hydrogens (tertiary/aromatic N) is 4. The van der Waals surface area contributed by atoms with Crippen molar-refractivity contribution in [3.63, 3.8) is 0 Å². The maximum Gasteiger partial charge on any atom is 0.423 e. The molecule has 0 spiro atoms. The Hall–Kier alpha value is -4.55. The van der Waals surface area contributed by atoms with Gasteiger partial charge in [-0.05, 0) is 30.4 Å². The monoisotopic (exact) mass is 640 g/mol. The molecule has 1 aromatic carbocycles. The molecule has 3 heterocycles. The first-order valence-corrected chi connectivity index (χ1v) is 12.3. The fraction of sp³-hybridized carbons (Fsp3) is 0.320. The summed E-state index contributed by atoms with van der Waals surface area (Å²) in [5.74, 6) is -3.81. The molecule has 0 aliphatic heterocycles. The molecule has 4 rings (SSSR count). The number of rotatable bonds is 10. The van der Waals surface area contributed by atoms with Crippen LogP contribution in [0.2, 0.25) is 0 Å². The second kappa shape index (κ2) is 12.6. The first-order chi connectivity index (χ1) is 20.6. The highest BCUT2D eigenvalue weighted by molar-refractivity contribution is 5.86. The molecular formula is C25H18F10N6O3. The van der Waals surface area contributed by atoms with Crippen molar-refractivity contribution in [3.05, 3.63) is 80.4 Å². The van der Waals surface area contributed by atoms with E-state index in [0.717, 1.165) is 10.6 Å². The van der Waals surface area contributed by atoms with E-state index in [-0.39, 0.29) is 24.8 Å². The van der Waals surface area contributed by atoms with Gasteiger partial charge in [-0.3, -0.25) is 9.59 Å². The summed E-state index contributed by atoms with van der Waals surface area (Å²) in [4.78, 5) is 31.5. The number of aryl methyl sites for hydroxylation is 1. The van der Waals surface area contributed by atoms with Gasteiger partial charge in [0.1, 0.15) is 5.56 Å². The molecule has 0 saturated carbocycles. The fourth-order valence-corrected chi connectivity index (χ4v) is 4.23. The zero-order chi connectivity index (χ0) is 32.4. The van der Waals surface area contributed by atoms with Crippen molar-refractivity contribution in [1.29, 1.82) is 0 Å². The van der Waals surface area contributed by atoms with Gasteiger partial charge in [0.05, 0.1) is 35.0 Å². The van der Waals surface area contributed by atoms with Gasteiger partial charge in [-0.2, -0.15) is 40.2 Å². The first kappa shape index (κ1) is 32.4. The van der Waals surface area contributed by atoms with E-state index < -0.39 is 88.0 Å². The second-order valence-corrected chi connectivity index (χ2v) is 9.19. The Morgan fingerprint density at radius 3 is 2.27 bits per heavy atom. The lowest BCUT2D eigenvalue weighted by Gasteiger charge is -2.22. The molecule has 0 aliphatic carbocycles. The number of halogens is 10. The van der Waals surface area contributed by atoms with Gasteiger partial charge in [-0.25, -0.2) is 23.8 Å². The SMILES string of the molecule is O=c1[nH]ncc(N[C@H](CCCn2ccc3cc(-c4ncc(C(F)(F)F)cn4)c(F)c(F)c3c2=O)COC(F)F)c1C(F)(F)F. The van der Waals surface area contributed by atoms with E-state index in [2.05, 4.69) is 25.1 Å². The lowest BCUT2D eigenvalue weighted by atomic mass is 10.1. The molecule has 3 aromatic heterocycles. The summed E-state index contributed by atoms with van der Waals surface area (Å²) >= 11 is 0. The van der Waals surface area contributed by atoms with E-state index in [0.29, 0.717) is 18.6 Å². The zero-order valence-electron chi connectivity index (χ0n) is 21.7. The Morgan fingerprint density at radius 2 is 1.66 bits per heavy atom. The Labute approximate surface area is 238 Å². The molecule has 1 atom stereocenters. The van der Waals surface area contributed by atoms with E-state index in [1.807, 2.05) is 0 Å². The number of aromatic nitrogens is 5. The predicted molar refractivity (Wildman–Crippen MR) is 133 cm³/mol. The van der Waals surface area contributed by atoms with Crippen molar-refractivity contribution in [1.82, 2.24) is 24.7 Å². The molecule has 0 aliphatic rings. The standard InChI is InChI=1S/C25H18F10N6O3/c26-18-14(20-36-7-12(8-37-20)24(30,31)32)6-11-3-5-41(22(43)16(11)19(18)27)4-1-2-13(10-44-23(28)29)39-15-9-38-40-21(42)17(15)25(33,34)35/h3,5-9,13,23H,1-2,4,10H2,(H2,39,40,42)/t13-/m1/s1. The summed E-state index contributed by atoms with van der Waals surface area (Å²) in [6.07, 6.45) is -7.62. The van der Waals surface area contributed by atoms with E-state index in [4.69, 9.17) is 0 Å². The summed E-state index contributed by atoms with van der Waals surface area (Å²) in [5.41, 5.74) is -6.91. The summed E-state index contributed by atoms with van der Waals surface area (Å²) in [5, 5.41) is 6.33. The Morgan fingerprint density at radius 1 is 0.977 bits per heavy atom. The number of alkyl halides is 8. The Balaban J connectivity index is 1.56. The lowest BCUT2D eigenvalue weighted by Crippen LogP contribution is -2.32. The number of hydrogen-bond donors (Lipinski definition) is 2. The number of anilines is 1. The fourth-order valence-electron chi connectivity index (χ4n) is 4.23. The van der Waals surface area contributed by atoms with Gasteiger partial charge in [0.2, 0.25) is 0 Å². The molecule has 0 radical (unpaired) electrons. The molecular weight excluding hydrogens is 622 g/mol. The Bertz CT molecular complexity index is 1750. The number of aromatic amines is 1. The van der Waals surface area contributed by atoms with Gasteiger partial charge in [-0.1, -0.05) is 0 Å². The minimum absolute atomic E-state index is 0.0881. The number of H-pyrrole nitrogens is 1. The zero-order valence-corrected chi connectivity index (χ0v) is 21.7. The number of benzene rings is 1. The van der Waals surface area contributed by atoms with Crippen molar-refractivity contribution in [3.8, 4) is 11.4 Å². The maximum absolute atomic E-state index is 15.0. The Kier molecular flexibility index (Phi) is 9.26. The maximum atomic E-state index is 15.0. The predicted octanol–water partition coefficient (Wildman–Crippen LogP) is 5.36. The number of pyridine rings is 1. The van der Waals surface area contributed by atoms with Crippen LogP contribution in [0.15, 0.2) is 46.5 Å². The van der Waals surface area contributed by atoms with Crippen LogP contribution in [-0.4, -0.2) is 44.0 Å². The van der Waals surface area contributed by atoms with Crippen molar-refractivity contribution in [2.75, 3.05) is 11.9 Å². The summed E-state index contributed by atoms with van der Waals surface area (Å²) < 4.78 is 139. The van der Waals surface area contributed by atoms with Crippen LogP contribution in [-0.2, 0) is 23.6 Å². The molecule has 44 heavy (non-hydrogen) atoms. The summed E-state index contributed by atoms with van der Waals surface area (Å²) in [7, 11) is 0. The highest BCUT2D eigenvalue weighted by Gasteiger charge is 2.38. The first-order valence-electron chi connectivity index (χ1n) is 12.3. The summed E-state index contributed by atoms with van der Waals surface area (Å²) in [6.45, 7) is -4.34. The molecule has 4 aromatic rings. The molecule has 0 unspecified atom stereocenters. The van der Waals surface area contributed by atoms with Crippen LogP contribution in [0, 0.1) is 11.6 Å². The van der Waals surface area contributed by atoms with Crippen molar-refractivity contribution >= 4 is 16.5 Å². The quantitative estimate of drug-likeness (QED) is 0.225. The highest BCUT2D eigenvalue weighted by Crippen LogP contribution is 2.33. The third-order valence-electron chi connectivity index (χ3n) is 6.24. The van der Waals surface area contributed by atoms with Crippen LogP contribution in [0.3, 0.4) is 0 Å². The molecule has 0 saturated heterocycles. The molecule has 0 amide bonds. The minimum atomic E-state index is -5.12. The van der Waals surface area contributed by atoms with Gasteiger partial charge in [0, 0.05) is 31.2 Å². The third kappa shape index (κ3) is 7.14. The normalized spacial score (nSPS) is 13.1. The number of fused-ring (bicyclic) bond motifs is 1. The second-order valence-electron chi connectivity index (χ2n) is 9.19. The highest BCUT2D eigenvalue weighted by atomic mass is 19.4.